The zero-order chi connectivity index (χ0) is 11.4. The molecular formula is C12H15NO2. The Hall–Kier alpha value is -1.64. The number of amides is 2. The lowest BCUT2D eigenvalue weighted by atomic mass is 10.1. The summed E-state index contributed by atoms with van der Waals surface area (Å²) in [5, 5.41) is 0. The largest absolute Gasteiger partial charge is 0.281 e. The molecule has 0 radical (unpaired) electrons. The van der Waals surface area contributed by atoms with Crippen molar-refractivity contribution in [2.75, 3.05) is 7.05 Å². The Balaban J connectivity index is 2.82. The molecule has 0 saturated heterocycles. The minimum absolute atomic E-state index is 0.163. The van der Waals surface area contributed by atoms with E-state index in [0.29, 0.717) is 5.56 Å². The van der Waals surface area contributed by atoms with E-state index < -0.39 is 0 Å². The third kappa shape index (κ3) is 2.65. The van der Waals surface area contributed by atoms with E-state index in [1.807, 2.05) is 6.07 Å². The topological polar surface area (TPSA) is 37.4 Å². The first-order valence-corrected chi connectivity index (χ1v) is 4.91. The van der Waals surface area contributed by atoms with Crippen LogP contribution in [0.25, 0.3) is 0 Å². The van der Waals surface area contributed by atoms with E-state index in [1.165, 1.54) is 11.9 Å². The standard InChI is InChI=1S/C12H15NO2/c1-9(2)11(14)13(3)12(15)10-7-5-4-6-8-10/h4-9H,1-3H3. The second kappa shape index (κ2) is 4.73. The van der Waals surface area contributed by atoms with Crippen LogP contribution < -0.4 is 0 Å². The molecule has 3 heteroatoms. The van der Waals surface area contributed by atoms with Gasteiger partial charge in [0.15, 0.2) is 0 Å². The molecule has 0 aromatic heterocycles. The molecule has 1 aromatic rings. The molecule has 0 aliphatic rings. The average Bonchev–Trinajstić information content (AvgIpc) is 2.27. The zero-order valence-electron chi connectivity index (χ0n) is 9.23. The molecule has 0 fully saturated rings. The maximum absolute atomic E-state index is 11.8. The van der Waals surface area contributed by atoms with E-state index in [-0.39, 0.29) is 17.7 Å². The Bertz CT molecular complexity index is 357. The smallest absolute Gasteiger partial charge is 0.260 e. The Morgan fingerprint density at radius 3 is 2.13 bits per heavy atom. The van der Waals surface area contributed by atoms with Crippen LogP contribution in [0.15, 0.2) is 30.3 Å². The van der Waals surface area contributed by atoms with Crippen molar-refractivity contribution in [2.24, 2.45) is 5.92 Å². The van der Waals surface area contributed by atoms with Crippen molar-refractivity contribution >= 4 is 11.8 Å². The number of carbonyl (C=O) groups excluding carboxylic acids is 2. The average molecular weight is 205 g/mol. The van der Waals surface area contributed by atoms with Gasteiger partial charge in [0.1, 0.15) is 0 Å². The van der Waals surface area contributed by atoms with Gasteiger partial charge in [-0.3, -0.25) is 14.5 Å². The molecule has 15 heavy (non-hydrogen) atoms. The van der Waals surface area contributed by atoms with Gasteiger partial charge < -0.3 is 0 Å². The highest BCUT2D eigenvalue weighted by molar-refractivity contribution is 6.04. The Kier molecular flexibility index (Phi) is 3.61. The minimum atomic E-state index is -0.255. The Labute approximate surface area is 89.7 Å². The van der Waals surface area contributed by atoms with Crippen molar-refractivity contribution in [1.29, 1.82) is 0 Å². The van der Waals surface area contributed by atoms with Crippen molar-refractivity contribution in [3.63, 3.8) is 0 Å². The van der Waals surface area contributed by atoms with Crippen LogP contribution in [0.5, 0.6) is 0 Å². The molecule has 0 aliphatic carbocycles. The fraction of sp³-hybridized carbons (Fsp3) is 0.333. The van der Waals surface area contributed by atoms with Gasteiger partial charge in [0, 0.05) is 18.5 Å². The number of benzene rings is 1. The number of hydrogen-bond acceptors (Lipinski definition) is 2. The summed E-state index contributed by atoms with van der Waals surface area (Å²) in [7, 11) is 1.51. The molecule has 1 rings (SSSR count). The van der Waals surface area contributed by atoms with Crippen molar-refractivity contribution in [1.82, 2.24) is 4.90 Å². The first-order chi connectivity index (χ1) is 7.04. The fourth-order valence-corrected chi connectivity index (χ4v) is 1.26. The number of imide groups is 1. The molecule has 0 saturated carbocycles. The van der Waals surface area contributed by atoms with Crippen LogP contribution in [0, 0.1) is 5.92 Å². The molecule has 0 aliphatic heterocycles. The molecule has 0 spiro atoms. The summed E-state index contributed by atoms with van der Waals surface area (Å²) < 4.78 is 0. The number of rotatable bonds is 2. The van der Waals surface area contributed by atoms with E-state index in [0.717, 1.165) is 0 Å². The predicted molar refractivity (Wildman–Crippen MR) is 58.4 cm³/mol. The van der Waals surface area contributed by atoms with Crippen LogP contribution in [0.3, 0.4) is 0 Å². The summed E-state index contributed by atoms with van der Waals surface area (Å²) >= 11 is 0. The van der Waals surface area contributed by atoms with Gasteiger partial charge in [-0.2, -0.15) is 0 Å². The van der Waals surface area contributed by atoms with Gasteiger partial charge in [0.2, 0.25) is 5.91 Å². The summed E-state index contributed by atoms with van der Waals surface area (Å²) in [6, 6.07) is 8.79. The third-order valence-corrected chi connectivity index (χ3v) is 2.15. The van der Waals surface area contributed by atoms with Gasteiger partial charge in [-0.05, 0) is 12.1 Å². The molecular weight excluding hydrogens is 190 g/mol. The zero-order valence-corrected chi connectivity index (χ0v) is 9.23. The molecule has 0 heterocycles. The molecule has 0 N–H and O–H groups in total. The maximum Gasteiger partial charge on any atom is 0.260 e. The first kappa shape index (κ1) is 11.4. The van der Waals surface area contributed by atoms with Gasteiger partial charge in [0.25, 0.3) is 5.91 Å². The summed E-state index contributed by atoms with van der Waals surface area (Å²) in [5.74, 6) is -0.583. The molecule has 0 unspecified atom stereocenters. The summed E-state index contributed by atoms with van der Waals surface area (Å²) in [5.41, 5.74) is 0.536. The van der Waals surface area contributed by atoms with E-state index in [2.05, 4.69) is 0 Å². The number of nitrogens with zero attached hydrogens (tertiary/aromatic N) is 1. The van der Waals surface area contributed by atoms with Gasteiger partial charge in [0.05, 0.1) is 0 Å². The van der Waals surface area contributed by atoms with Crippen LogP contribution in [0.1, 0.15) is 24.2 Å². The lowest BCUT2D eigenvalue weighted by molar-refractivity contribution is -0.130. The second-order valence-electron chi connectivity index (χ2n) is 3.72. The molecule has 80 valence electrons. The quantitative estimate of drug-likeness (QED) is 0.740. The number of hydrogen-bond donors (Lipinski definition) is 0. The van der Waals surface area contributed by atoms with Gasteiger partial charge in [-0.1, -0.05) is 32.0 Å². The normalized spacial score (nSPS) is 10.1. The van der Waals surface area contributed by atoms with Crippen LogP contribution in [-0.2, 0) is 4.79 Å². The summed E-state index contributed by atoms with van der Waals surface area (Å²) in [6.07, 6.45) is 0. The highest BCUT2D eigenvalue weighted by Crippen LogP contribution is 2.06. The summed E-state index contributed by atoms with van der Waals surface area (Å²) in [4.78, 5) is 24.5. The van der Waals surface area contributed by atoms with E-state index >= 15 is 0 Å². The van der Waals surface area contributed by atoms with Crippen LogP contribution >= 0.6 is 0 Å². The summed E-state index contributed by atoms with van der Waals surface area (Å²) in [6.45, 7) is 3.55. The van der Waals surface area contributed by atoms with E-state index in [9.17, 15) is 9.59 Å². The van der Waals surface area contributed by atoms with Crippen molar-refractivity contribution in [3.05, 3.63) is 35.9 Å². The van der Waals surface area contributed by atoms with Crippen LogP contribution in [-0.4, -0.2) is 23.8 Å². The SMILES string of the molecule is CC(C)C(=O)N(C)C(=O)c1ccccc1. The van der Waals surface area contributed by atoms with Crippen molar-refractivity contribution in [3.8, 4) is 0 Å². The Morgan fingerprint density at radius 1 is 1.13 bits per heavy atom. The fourth-order valence-electron chi connectivity index (χ4n) is 1.26. The van der Waals surface area contributed by atoms with Crippen molar-refractivity contribution in [2.45, 2.75) is 13.8 Å². The monoisotopic (exact) mass is 205 g/mol. The highest BCUT2D eigenvalue weighted by atomic mass is 16.2. The lowest BCUT2D eigenvalue weighted by Crippen LogP contribution is -2.35. The first-order valence-electron chi connectivity index (χ1n) is 4.91. The minimum Gasteiger partial charge on any atom is -0.281 e. The highest BCUT2D eigenvalue weighted by Gasteiger charge is 2.20. The van der Waals surface area contributed by atoms with Gasteiger partial charge in [-0.15, -0.1) is 0 Å². The van der Waals surface area contributed by atoms with Crippen molar-refractivity contribution < 1.29 is 9.59 Å². The maximum atomic E-state index is 11.8. The van der Waals surface area contributed by atoms with E-state index in [1.54, 1.807) is 38.1 Å². The molecule has 0 bridgehead atoms. The Morgan fingerprint density at radius 2 is 1.67 bits per heavy atom. The van der Waals surface area contributed by atoms with Crippen LogP contribution in [0.2, 0.25) is 0 Å². The second-order valence-corrected chi connectivity index (χ2v) is 3.72. The molecule has 3 nitrogen and oxygen atoms in total. The van der Waals surface area contributed by atoms with Crippen LogP contribution in [0.4, 0.5) is 0 Å². The van der Waals surface area contributed by atoms with E-state index in [4.69, 9.17) is 0 Å². The predicted octanol–water partition coefficient (Wildman–Crippen LogP) is 1.94. The molecule has 1 aromatic carbocycles. The lowest BCUT2D eigenvalue weighted by Gasteiger charge is -2.17. The molecule has 0 atom stereocenters. The third-order valence-electron chi connectivity index (χ3n) is 2.15. The molecule has 2 amide bonds. The van der Waals surface area contributed by atoms with Gasteiger partial charge in [-0.25, -0.2) is 0 Å². The van der Waals surface area contributed by atoms with Gasteiger partial charge >= 0.3 is 0 Å². The number of carbonyl (C=O) groups is 2.